The van der Waals surface area contributed by atoms with Crippen LogP contribution in [-0.2, 0) is 24.4 Å². The number of nitrogens with zero attached hydrogens (tertiary/aromatic N) is 4. The first-order valence-corrected chi connectivity index (χ1v) is 25.5. The molecule has 5 unspecified atom stereocenters. The number of sulfonamides is 1. The fourth-order valence-electron chi connectivity index (χ4n) is 9.26. The van der Waals surface area contributed by atoms with Gasteiger partial charge in [-0.1, -0.05) is 24.6 Å². The van der Waals surface area contributed by atoms with Gasteiger partial charge in [0.2, 0.25) is 39.0 Å². The molecule has 1 aromatic heterocycles. The zero-order valence-electron chi connectivity index (χ0n) is 38.6. The summed E-state index contributed by atoms with van der Waals surface area (Å²) < 4.78 is 40.2. The molecule has 3 aromatic rings. The van der Waals surface area contributed by atoms with E-state index in [1.807, 2.05) is 85.8 Å². The lowest BCUT2D eigenvalue weighted by Crippen LogP contribution is -2.52. The summed E-state index contributed by atoms with van der Waals surface area (Å²) in [4.78, 5) is 59.6. The van der Waals surface area contributed by atoms with E-state index in [2.05, 4.69) is 21.3 Å². The van der Waals surface area contributed by atoms with Crippen LogP contribution in [-0.4, -0.2) is 128 Å². The zero-order chi connectivity index (χ0) is 48.3. The normalized spacial score (nSPS) is 19.6. The molecule has 18 nitrogen and oxygen atoms in total. The minimum atomic E-state index is -4.37. The van der Waals surface area contributed by atoms with Gasteiger partial charge in [-0.25, -0.2) is 22.6 Å². The van der Waals surface area contributed by atoms with Gasteiger partial charge >= 0.3 is 12.0 Å². The third-order valence-corrected chi connectivity index (χ3v) is 16.3. The lowest BCUT2D eigenvalue weighted by Gasteiger charge is -2.27. The van der Waals surface area contributed by atoms with Gasteiger partial charge in [-0.15, -0.1) is 4.73 Å². The molecule has 0 spiro atoms. The number of rotatable bonds is 18. The molecule has 3 fully saturated rings. The van der Waals surface area contributed by atoms with Crippen LogP contribution < -0.4 is 40.9 Å². The SMILES string of the molecule is CN(C)c1ccc2c(-c3ccccc3S(=O)(=O)N3CCCC3C(=O)NC(CCCCNC(=O)CCCCC3SCC4NC(=O)NC43)C(=O)On3c(O)ccc3O)c3ccc(=[N+](C)C)cc-3oc2c1. The first-order valence-electron chi connectivity index (χ1n) is 23.0. The second-order valence-corrected chi connectivity index (χ2v) is 21.1. The monoisotopic (exact) mass is 971 g/mol. The van der Waals surface area contributed by atoms with E-state index in [0.29, 0.717) is 82.0 Å². The molecule has 20 heteroatoms. The second-order valence-electron chi connectivity index (χ2n) is 17.9. The first-order chi connectivity index (χ1) is 32.6. The number of carbonyl (C=O) groups is 4. The average molecular weight is 972 g/mol. The van der Waals surface area contributed by atoms with Crippen LogP contribution in [0.3, 0.4) is 0 Å². The predicted octanol–water partition coefficient (Wildman–Crippen LogP) is 3.82. The van der Waals surface area contributed by atoms with Crippen molar-refractivity contribution in [3.63, 3.8) is 0 Å². The lowest BCUT2D eigenvalue weighted by atomic mass is 9.93. The number of unbranched alkanes of at least 4 members (excludes halogenated alkanes) is 2. The molecule has 5 aliphatic rings. The smallest absolute Gasteiger partial charge is 0.355 e. The van der Waals surface area contributed by atoms with E-state index in [1.165, 1.54) is 10.4 Å². The highest BCUT2D eigenvalue weighted by Gasteiger charge is 2.43. The van der Waals surface area contributed by atoms with Crippen LogP contribution in [0.15, 0.2) is 82.1 Å². The van der Waals surface area contributed by atoms with Crippen molar-refractivity contribution in [2.45, 2.75) is 92.1 Å². The molecule has 1 aliphatic carbocycles. The molecule has 5 atom stereocenters. The van der Waals surface area contributed by atoms with Gasteiger partial charge in [-0.3, -0.25) is 9.59 Å². The summed E-state index contributed by atoms with van der Waals surface area (Å²) >= 11 is 1.84. The first kappa shape index (κ1) is 48.2. The van der Waals surface area contributed by atoms with Crippen molar-refractivity contribution in [3.8, 4) is 34.2 Å². The van der Waals surface area contributed by atoms with Crippen molar-refractivity contribution in [1.29, 1.82) is 0 Å². The van der Waals surface area contributed by atoms with Gasteiger partial charge in [-0.05, 0) is 69.2 Å². The van der Waals surface area contributed by atoms with Crippen molar-refractivity contribution in [3.05, 3.63) is 78.2 Å². The van der Waals surface area contributed by atoms with Crippen LogP contribution in [0, 0.1) is 0 Å². The summed E-state index contributed by atoms with van der Waals surface area (Å²) in [6, 6.07) is 18.2. The molecule has 362 valence electrons. The Balaban J connectivity index is 0.965. The van der Waals surface area contributed by atoms with Gasteiger partial charge in [0.1, 0.15) is 37.5 Å². The summed E-state index contributed by atoms with van der Waals surface area (Å²) in [5, 5.41) is 33.9. The highest BCUT2D eigenvalue weighted by Crippen LogP contribution is 2.44. The summed E-state index contributed by atoms with van der Waals surface area (Å²) in [6.07, 6.45) is 4.20. The van der Waals surface area contributed by atoms with Gasteiger partial charge in [0.15, 0.2) is 0 Å². The summed E-state index contributed by atoms with van der Waals surface area (Å²) in [5.74, 6) is -1.47. The number of fused-ring (bicyclic) bond motifs is 3. The molecule has 0 bridgehead atoms. The Bertz CT molecular complexity index is 2840. The van der Waals surface area contributed by atoms with Crippen molar-refractivity contribution < 1.29 is 47.1 Å². The molecule has 6 N–H and O–H groups in total. The van der Waals surface area contributed by atoms with Crippen LogP contribution in [0.2, 0.25) is 0 Å². The van der Waals surface area contributed by atoms with E-state index in [0.717, 1.165) is 41.8 Å². The maximum Gasteiger partial charge on any atom is 0.355 e. The van der Waals surface area contributed by atoms with Gasteiger partial charge in [0.05, 0.1) is 23.0 Å². The van der Waals surface area contributed by atoms with Gasteiger partial charge in [0, 0.05) is 96.6 Å². The number of hydrogen-bond donors (Lipinski definition) is 6. The summed E-state index contributed by atoms with van der Waals surface area (Å²) in [5.41, 5.74) is 3.24. The number of thioether (sulfide) groups is 1. The van der Waals surface area contributed by atoms with Crippen LogP contribution in [0.1, 0.15) is 57.8 Å². The topological polar surface area (TPSA) is 228 Å². The van der Waals surface area contributed by atoms with E-state index in [4.69, 9.17) is 9.25 Å². The van der Waals surface area contributed by atoms with Gasteiger partial charge in [-0.2, -0.15) is 16.1 Å². The maximum absolute atomic E-state index is 15.0. The number of nitrogens with one attached hydrogen (secondary N) is 4. The molecule has 4 aliphatic heterocycles. The molecule has 5 heterocycles. The highest BCUT2D eigenvalue weighted by atomic mass is 32.2. The Morgan fingerprint density at radius 2 is 1.75 bits per heavy atom. The summed E-state index contributed by atoms with van der Waals surface area (Å²) in [6.45, 7) is 0.365. The summed E-state index contributed by atoms with van der Waals surface area (Å²) in [7, 11) is 3.34. The number of amides is 4. The van der Waals surface area contributed by atoms with Crippen LogP contribution in [0.25, 0.3) is 33.4 Å². The number of hydrogen-bond acceptors (Lipinski definition) is 12. The third kappa shape index (κ3) is 10.3. The van der Waals surface area contributed by atoms with Gasteiger partial charge in [0.25, 0.3) is 0 Å². The minimum Gasteiger partial charge on any atom is -0.492 e. The lowest BCUT2D eigenvalue weighted by molar-refractivity contribution is -0.150. The molecule has 4 amide bonds. The Morgan fingerprint density at radius 3 is 2.51 bits per heavy atom. The van der Waals surface area contributed by atoms with Crippen molar-refractivity contribution in [1.82, 2.24) is 34.9 Å². The molecule has 3 saturated heterocycles. The standard InChI is InChI=1S/C48H58N8O10S2/c1-53(2)29-18-20-31-37(26-29)65-38-27-30(54(3)4)19-21-32(38)44(31)33-12-5-7-16-40(33)68(63,64)55-25-11-14-36(55)46(60)50-34(47(61)66-56-42(58)22-23-43(56)59)13-9-10-24-49-41(57)17-8-6-15-39-45-35(28-67-39)51-48(62)52-45/h5,7,12,16,18-23,26-27,34-36,39,45H,6,8-11,13-15,17,24-25,28H2,1-4H3,(H5-,49,50,51,52,57,58,59,60,62)/p+1. The Hall–Kier alpha value is -6.25. The molecule has 0 radical (unpaired) electrons. The molecule has 0 saturated carbocycles. The molecular weight excluding hydrogens is 913 g/mol. The zero-order valence-corrected chi connectivity index (χ0v) is 40.2. The number of urea groups is 1. The van der Waals surface area contributed by atoms with Crippen molar-refractivity contribution in [2.75, 3.05) is 51.9 Å². The minimum absolute atomic E-state index is 0.000936. The molecule has 8 rings (SSSR count). The Morgan fingerprint density at radius 1 is 0.971 bits per heavy atom. The largest absolute Gasteiger partial charge is 0.492 e. The number of aromatic nitrogens is 1. The number of carbonyl (C=O) groups excluding carboxylic acids is 4. The number of anilines is 1. The average Bonchev–Trinajstić information content (AvgIpc) is 4.12. The number of benzene rings is 3. The van der Waals surface area contributed by atoms with Crippen molar-refractivity contribution >= 4 is 62.3 Å². The fourth-order valence-corrected chi connectivity index (χ4v) is 12.7. The van der Waals surface area contributed by atoms with E-state index < -0.39 is 45.7 Å². The Kier molecular flexibility index (Phi) is 14.6. The van der Waals surface area contributed by atoms with Crippen LogP contribution in [0.5, 0.6) is 11.8 Å². The predicted molar refractivity (Wildman–Crippen MR) is 259 cm³/mol. The van der Waals surface area contributed by atoms with Crippen LogP contribution in [0.4, 0.5) is 10.5 Å². The van der Waals surface area contributed by atoms with Gasteiger partial charge < -0.3 is 45.6 Å². The van der Waals surface area contributed by atoms with E-state index in [1.54, 1.807) is 18.2 Å². The van der Waals surface area contributed by atoms with Crippen molar-refractivity contribution in [2.24, 2.45) is 0 Å². The molecule has 2 aromatic carbocycles. The van der Waals surface area contributed by atoms with E-state index in [-0.39, 0.29) is 48.3 Å². The third-order valence-electron chi connectivity index (χ3n) is 12.9. The second kappa shape index (κ2) is 20.5. The fraction of sp³-hybridized carbons (Fsp3) is 0.438. The quantitative estimate of drug-likeness (QED) is 0.0319. The molecular formula is C48H59N8O10S2+. The molecule has 68 heavy (non-hydrogen) atoms. The van der Waals surface area contributed by atoms with E-state index >= 15 is 8.42 Å². The highest BCUT2D eigenvalue weighted by molar-refractivity contribution is 8.00. The Labute approximate surface area is 399 Å². The number of aromatic hydroxyl groups is 2. The maximum atomic E-state index is 15.0. The van der Waals surface area contributed by atoms with Crippen LogP contribution >= 0.6 is 11.8 Å². The van der Waals surface area contributed by atoms with E-state index in [9.17, 15) is 29.4 Å².